The lowest BCUT2D eigenvalue weighted by atomic mass is 10.0. The second-order valence-corrected chi connectivity index (χ2v) is 16.0. The average molecular weight is 940 g/mol. The van der Waals surface area contributed by atoms with Crippen molar-refractivity contribution in [2.45, 2.75) is 12.8 Å². The molecule has 2 fully saturated rings. The predicted octanol–water partition coefficient (Wildman–Crippen LogP) is 6.60. The highest BCUT2D eigenvalue weighted by Crippen LogP contribution is 2.55. The first-order valence-corrected chi connectivity index (χ1v) is 20.4. The van der Waals surface area contributed by atoms with Gasteiger partial charge in [0, 0.05) is 58.1 Å². The summed E-state index contributed by atoms with van der Waals surface area (Å²) >= 11 is 11.6. The van der Waals surface area contributed by atoms with Gasteiger partial charge < -0.3 is 31.5 Å². The molecule has 2 aliphatic carbocycles. The number of halogens is 4. The van der Waals surface area contributed by atoms with E-state index in [4.69, 9.17) is 23.2 Å². The average Bonchev–Trinajstić information content (AvgIpc) is 4.22. The molecule has 0 spiro atoms. The van der Waals surface area contributed by atoms with Gasteiger partial charge in [0.1, 0.15) is 11.6 Å². The molecule has 6 aromatic rings. The molecule has 66 heavy (non-hydrogen) atoms. The summed E-state index contributed by atoms with van der Waals surface area (Å²) in [6.45, 7) is 0. The van der Waals surface area contributed by atoms with Gasteiger partial charge in [-0.2, -0.15) is 0 Å². The summed E-state index contributed by atoms with van der Waals surface area (Å²) in [7, 11) is 0. The fraction of sp³-hybridized carbons (Fsp3) is 0.130. The SMILES string of the molecule is O=C(Nc1ccc(-n2ccccc2=O)cc1F)C1CC1(C(=O)O)C(=O)Nc1ccc(Cl)cc1.O=C(Nc1ccc(-n2ccccc2=O)cc1F)C1CC1(C(=O)O)C(=O)Nc1ccc(Cl)cc1. The number of benzene rings is 4. The Balaban J connectivity index is 0.000000196. The van der Waals surface area contributed by atoms with Crippen LogP contribution in [0.4, 0.5) is 31.5 Å². The van der Waals surface area contributed by atoms with Crippen molar-refractivity contribution < 1.29 is 47.8 Å². The Bertz CT molecular complexity index is 2850. The number of aromatic nitrogens is 2. The second kappa shape index (κ2) is 18.6. The van der Waals surface area contributed by atoms with Crippen LogP contribution in [0.15, 0.2) is 143 Å². The Morgan fingerprint density at radius 1 is 0.530 bits per heavy atom. The zero-order chi connectivity index (χ0) is 47.5. The summed E-state index contributed by atoms with van der Waals surface area (Å²) in [5, 5.41) is 29.8. The number of carboxylic acids is 2. The Labute approximate surface area is 381 Å². The van der Waals surface area contributed by atoms with Crippen LogP contribution in [0.1, 0.15) is 12.8 Å². The number of carbonyl (C=O) groups excluding carboxylic acids is 4. The Kier molecular flexibility index (Phi) is 13.0. The van der Waals surface area contributed by atoms with Gasteiger partial charge in [-0.15, -0.1) is 0 Å². The molecule has 0 aliphatic heterocycles. The van der Waals surface area contributed by atoms with Crippen LogP contribution >= 0.6 is 23.2 Å². The van der Waals surface area contributed by atoms with Crippen LogP contribution in [0.2, 0.25) is 10.0 Å². The molecule has 2 saturated carbocycles. The normalized spacial score (nSPS) is 18.9. The van der Waals surface area contributed by atoms with Crippen molar-refractivity contribution in [2.24, 2.45) is 22.7 Å². The van der Waals surface area contributed by atoms with Gasteiger partial charge in [-0.25, -0.2) is 8.78 Å². The molecule has 2 aromatic heterocycles. The maximum absolute atomic E-state index is 14.6. The number of rotatable bonds is 12. The van der Waals surface area contributed by atoms with E-state index in [1.807, 2.05) is 0 Å². The fourth-order valence-electron chi connectivity index (χ4n) is 7.11. The van der Waals surface area contributed by atoms with Gasteiger partial charge in [0.25, 0.3) is 11.1 Å². The molecule has 2 aliphatic rings. The van der Waals surface area contributed by atoms with Gasteiger partial charge >= 0.3 is 11.9 Å². The van der Waals surface area contributed by atoms with Crippen molar-refractivity contribution in [2.75, 3.05) is 21.3 Å². The maximum Gasteiger partial charge on any atom is 0.320 e. The van der Waals surface area contributed by atoms with Gasteiger partial charge in [-0.05, 0) is 97.8 Å². The third-order valence-electron chi connectivity index (χ3n) is 11.0. The molecule has 8 rings (SSSR count). The Morgan fingerprint density at radius 2 is 0.894 bits per heavy atom. The topological polar surface area (TPSA) is 235 Å². The summed E-state index contributed by atoms with van der Waals surface area (Å²) in [5.41, 5.74) is -3.87. The first-order chi connectivity index (χ1) is 31.4. The number of nitrogens with one attached hydrogen (secondary N) is 4. The molecular weight excluding hydrogens is 905 g/mol. The summed E-state index contributed by atoms with van der Waals surface area (Å²) in [4.78, 5) is 98.2. The molecule has 4 amide bonds. The van der Waals surface area contributed by atoms with Gasteiger partial charge in [0.05, 0.1) is 34.6 Å². The highest BCUT2D eigenvalue weighted by molar-refractivity contribution is 6.31. The summed E-state index contributed by atoms with van der Waals surface area (Å²) in [5.74, 6) is -10.2. The molecule has 336 valence electrons. The maximum atomic E-state index is 14.6. The predicted molar refractivity (Wildman–Crippen MR) is 238 cm³/mol. The van der Waals surface area contributed by atoms with Gasteiger partial charge in [-0.3, -0.25) is 47.5 Å². The number of amides is 4. The van der Waals surface area contributed by atoms with E-state index in [2.05, 4.69) is 21.3 Å². The fourth-order valence-corrected chi connectivity index (χ4v) is 7.36. The molecule has 16 nitrogen and oxygen atoms in total. The zero-order valence-electron chi connectivity index (χ0n) is 33.8. The Hall–Kier alpha value is -7.96. The number of carboxylic acid groups (broad SMARTS) is 2. The number of pyridine rings is 2. The summed E-state index contributed by atoms with van der Waals surface area (Å²) < 4.78 is 31.7. The molecular formula is C46H34Cl2F2N6O10. The van der Waals surface area contributed by atoms with Gasteiger partial charge in [0.15, 0.2) is 10.8 Å². The lowest BCUT2D eigenvalue weighted by Crippen LogP contribution is -2.36. The number of nitrogens with zero attached hydrogens (tertiary/aromatic N) is 2. The molecule has 4 atom stereocenters. The van der Waals surface area contributed by atoms with E-state index in [1.165, 1.54) is 106 Å². The van der Waals surface area contributed by atoms with Crippen LogP contribution in [-0.4, -0.2) is 54.9 Å². The van der Waals surface area contributed by atoms with E-state index in [0.717, 1.165) is 12.1 Å². The van der Waals surface area contributed by atoms with Crippen molar-refractivity contribution in [3.63, 3.8) is 0 Å². The quantitative estimate of drug-likeness (QED) is 0.0720. The van der Waals surface area contributed by atoms with Crippen molar-refractivity contribution in [3.05, 3.63) is 176 Å². The third-order valence-corrected chi connectivity index (χ3v) is 11.5. The van der Waals surface area contributed by atoms with E-state index >= 15 is 0 Å². The number of hydrogen-bond acceptors (Lipinski definition) is 8. The minimum atomic E-state index is -1.96. The zero-order valence-corrected chi connectivity index (χ0v) is 35.3. The lowest BCUT2D eigenvalue weighted by Gasteiger charge is -2.14. The lowest BCUT2D eigenvalue weighted by molar-refractivity contribution is -0.150. The first-order valence-electron chi connectivity index (χ1n) is 19.6. The minimum absolute atomic E-state index is 0.197. The second-order valence-electron chi connectivity index (χ2n) is 15.1. The highest BCUT2D eigenvalue weighted by Gasteiger charge is 2.70. The van der Waals surface area contributed by atoms with E-state index in [9.17, 15) is 57.4 Å². The first kappa shape index (κ1) is 46.0. The highest BCUT2D eigenvalue weighted by atomic mass is 35.5. The van der Waals surface area contributed by atoms with Crippen LogP contribution in [0.5, 0.6) is 0 Å². The van der Waals surface area contributed by atoms with E-state index in [-0.39, 0.29) is 46.7 Å². The molecule has 0 bridgehead atoms. The summed E-state index contributed by atoms with van der Waals surface area (Å²) in [6, 6.07) is 28.6. The largest absolute Gasteiger partial charge is 0.480 e. The molecule has 20 heteroatoms. The van der Waals surface area contributed by atoms with E-state index in [0.29, 0.717) is 21.4 Å². The van der Waals surface area contributed by atoms with Crippen LogP contribution in [0.25, 0.3) is 11.4 Å². The number of aliphatic carboxylic acids is 2. The van der Waals surface area contributed by atoms with Gasteiger partial charge in [0.2, 0.25) is 23.6 Å². The molecule has 0 radical (unpaired) electrons. The number of hydrogen-bond donors (Lipinski definition) is 6. The molecule has 4 aromatic carbocycles. The monoisotopic (exact) mass is 938 g/mol. The van der Waals surface area contributed by atoms with E-state index in [1.54, 1.807) is 24.3 Å². The van der Waals surface area contributed by atoms with Crippen molar-refractivity contribution in [1.82, 2.24) is 9.13 Å². The number of carbonyl (C=O) groups is 6. The molecule has 6 N–H and O–H groups in total. The van der Waals surface area contributed by atoms with E-state index < -0.39 is 69.9 Å². The van der Waals surface area contributed by atoms with Crippen LogP contribution in [0, 0.1) is 34.3 Å². The standard InChI is InChI=1S/2C23H17ClFN3O5/c2*24-13-4-6-14(7-5-13)26-21(31)23(22(32)33)12-16(23)20(30)27-18-9-8-15(11-17(18)25)28-10-2-1-3-19(28)29/h2*1-11,16H,12H2,(H,26,31)(H,27,30)(H,32,33). The van der Waals surface area contributed by atoms with Gasteiger partial charge in [-0.1, -0.05) is 35.3 Å². The van der Waals surface area contributed by atoms with Crippen LogP contribution < -0.4 is 32.4 Å². The van der Waals surface area contributed by atoms with Crippen molar-refractivity contribution in [1.29, 1.82) is 0 Å². The van der Waals surface area contributed by atoms with Crippen LogP contribution in [0.3, 0.4) is 0 Å². The molecule has 2 heterocycles. The summed E-state index contributed by atoms with van der Waals surface area (Å²) in [6.07, 6.45) is 2.49. The van der Waals surface area contributed by atoms with Crippen molar-refractivity contribution >= 4 is 81.5 Å². The molecule has 0 saturated heterocycles. The number of anilines is 4. The minimum Gasteiger partial charge on any atom is -0.480 e. The van der Waals surface area contributed by atoms with Crippen LogP contribution in [-0.2, 0) is 28.8 Å². The molecule has 4 unspecified atom stereocenters. The smallest absolute Gasteiger partial charge is 0.320 e. The Morgan fingerprint density at radius 3 is 1.21 bits per heavy atom. The third kappa shape index (κ3) is 9.45. The van der Waals surface area contributed by atoms with Crippen molar-refractivity contribution in [3.8, 4) is 11.4 Å².